The molecule has 8 heteroatoms. The minimum absolute atomic E-state index is 0.0933. The number of amides is 1. The monoisotopic (exact) mass is 485 g/mol. The molecule has 1 aromatic rings. The summed E-state index contributed by atoms with van der Waals surface area (Å²) >= 11 is 1.75. The molecule has 0 aromatic heterocycles. The molecule has 4 fully saturated rings. The second-order valence-corrected chi connectivity index (χ2v) is 11.8. The van der Waals surface area contributed by atoms with Gasteiger partial charge in [0.15, 0.2) is 6.29 Å². The van der Waals surface area contributed by atoms with Gasteiger partial charge in [-0.2, -0.15) is 5.26 Å². The summed E-state index contributed by atoms with van der Waals surface area (Å²) in [5.41, 5.74) is 0.896. The third-order valence-corrected chi connectivity index (χ3v) is 8.63. The Morgan fingerprint density at radius 3 is 2.74 bits per heavy atom. The maximum Gasteiger partial charge on any atom is 0.407 e. The van der Waals surface area contributed by atoms with Crippen molar-refractivity contribution in [3.05, 3.63) is 29.8 Å². The number of rotatable bonds is 10. The normalized spacial score (nSPS) is 30.4. The molecule has 1 amide bonds. The molecular weight excluding hydrogens is 450 g/mol. The van der Waals surface area contributed by atoms with Crippen LogP contribution in [0.1, 0.15) is 45.1 Å². The Labute approximate surface area is 206 Å². The number of carbonyl (C=O) groups is 1. The quantitative estimate of drug-likeness (QED) is 0.390. The van der Waals surface area contributed by atoms with E-state index in [0.29, 0.717) is 37.5 Å². The van der Waals surface area contributed by atoms with Crippen molar-refractivity contribution in [2.24, 2.45) is 23.7 Å². The molecule has 5 unspecified atom stereocenters. The minimum Gasteiger partial charge on any atom is -0.445 e. The number of ether oxygens (including phenoxy) is 3. The van der Waals surface area contributed by atoms with Crippen LogP contribution in [0.15, 0.2) is 29.2 Å². The number of alkyl carbamates (subject to hydrolysis) is 1. The smallest absolute Gasteiger partial charge is 0.407 e. The zero-order valence-corrected chi connectivity index (χ0v) is 20.9. The second-order valence-electron chi connectivity index (χ2n) is 10.6. The molecule has 1 N–H and O–H groups in total. The SMILES string of the molecule is CC(C)CN(CCCNC(=O)OC1C2COC3OCC1C3C2)Sc1ccc(C2(C#N)CC2)cc1. The lowest BCUT2D eigenvalue weighted by atomic mass is 9.98. The van der Waals surface area contributed by atoms with Crippen LogP contribution in [-0.2, 0) is 19.6 Å². The number of fused-ring (bicyclic) bond motifs is 1. The van der Waals surface area contributed by atoms with Crippen molar-refractivity contribution in [2.45, 2.75) is 62.2 Å². The van der Waals surface area contributed by atoms with Crippen molar-refractivity contribution in [2.75, 3.05) is 32.8 Å². The summed E-state index contributed by atoms with van der Waals surface area (Å²) in [7, 11) is 0. The zero-order chi connectivity index (χ0) is 23.7. The van der Waals surface area contributed by atoms with Crippen molar-refractivity contribution in [1.29, 1.82) is 5.26 Å². The lowest BCUT2D eigenvalue weighted by molar-refractivity contribution is -0.169. The number of hydrogen-bond donors (Lipinski definition) is 1. The third kappa shape index (κ3) is 5.08. The Hall–Kier alpha value is -1.79. The summed E-state index contributed by atoms with van der Waals surface area (Å²) in [6.07, 6.45) is 3.30. The molecule has 2 saturated heterocycles. The summed E-state index contributed by atoms with van der Waals surface area (Å²) in [4.78, 5) is 13.6. The number of hydrogen-bond acceptors (Lipinski definition) is 7. The van der Waals surface area contributed by atoms with Crippen LogP contribution in [0.25, 0.3) is 0 Å². The molecule has 2 aliphatic heterocycles. The van der Waals surface area contributed by atoms with Gasteiger partial charge in [0.05, 0.1) is 24.7 Å². The van der Waals surface area contributed by atoms with Crippen LogP contribution >= 0.6 is 11.9 Å². The van der Waals surface area contributed by atoms with Crippen molar-refractivity contribution in [3.8, 4) is 6.07 Å². The first-order valence-electron chi connectivity index (χ1n) is 12.6. The average molecular weight is 486 g/mol. The van der Waals surface area contributed by atoms with Gasteiger partial charge in [-0.15, -0.1) is 0 Å². The van der Waals surface area contributed by atoms with E-state index in [-0.39, 0.29) is 29.8 Å². The first-order valence-corrected chi connectivity index (χ1v) is 13.4. The predicted molar refractivity (Wildman–Crippen MR) is 129 cm³/mol. The highest BCUT2D eigenvalue weighted by Crippen LogP contribution is 2.49. The summed E-state index contributed by atoms with van der Waals surface area (Å²) in [5, 5.41) is 12.4. The zero-order valence-electron chi connectivity index (χ0n) is 20.1. The van der Waals surface area contributed by atoms with Crippen molar-refractivity contribution in [1.82, 2.24) is 9.62 Å². The van der Waals surface area contributed by atoms with Gasteiger partial charge in [0.25, 0.3) is 0 Å². The van der Waals surface area contributed by atoms with Gasteiger partial charge in [0, 0.05) is 42.3 Å². The van der Waals surface area contributed by atoms with Gasteiger partial charge < -0.3 is 19.5 Å². The highest BCUT2D eigenvalue weighted by molar-refractivity contribution is 7.97. The van der Waals surface area contributed by atoms with Crippen molar-refractivity contribution in [3.63, 3.8) is 0 Å². The molecule has 5 rings (SSSR count). The third-order valence-electron chi connectivity index (χ3n) is 7.56. The van der Waals surface area contributed by atoms with Gasteiger partial charge in [0.2, 0.25) is 0 Å². The van der Waals surface area contributed by atoms with Crippen LogP contribution in [0.4, 0.5) is 4.79 Å². The summed E-state index contributed by atoms with van der Waals surface area (Å²) < 4.78 is 19.6. The van der Waals surface area contributed by atoms with Crippen LogP contribution < -0.4 is 5.32 Å². The first kappa shape index (κ1) is 23.9. The molecule has 34 heavy (non-hydrogen) atoms. The van der Waals surface area contributed by atoms with E-state index in [4.69, 9.17) is 14.2 Å². The highest BCUT2D eigenvalue weighted by Gasteiger charge is 2.56. The van der Waals surface area contributed by atoms with Crippen LogP contribution in [0.2, 0.25) is 0 Å². The van der Waals surface area contributed by atoms with E-state index < -0.39 is 0 Å². The fourth-order valence-corrected chi connectivity index (χ4v) is 6.76. The number of nitrogens with zero attached hydrogens (tertiary/aromatic N) is 2. The Bertz CT molecular complexity index is 914. The van der Waals surface area contributed by atoms with Gasteiger partial charge in [-0.05, 0) is 61.2 Å². The van der Waals surface area contributed by atoms with Crippen molar-refractivity contribution < 1.29 is 19.0 Å². The van der Waals surface area contributed by atoms with Gasteiger partial charge in [-0.3, -0.25) is 0 Å². The topological polar surface area (TPSA) is 83.8 Å². The fourth-order valence-electron chi connectivity index (χ4n) is 5.62. The number of nitriles is 1. The molecule has 5 atom stereocenters. The van der Waals surface area contributed by atoms with E-state index >= 15 is 0 Å². The van der Waals surface area contributed by atoms with Gasteiger partial charge in [0.1, 0.15) is 6.10 Å². The molecular formula is C26H35N3O4S. The highest BCUT2D eigenvalue weighted by atomic mass is 32.2. The van der Waals surface area contributed by atoms with Gasteiger partial charge >= 0.3 is 6.09 Å². The Morgan fingerprint density at radius 1 is 1.26 bits per heavy atom. The van der Waals surface area contributed by atoms with E-state index in [0.717, 1.165) is 44.3 Å². The number of carbonyl (C=O) groups excluding carboxylic acids is 1. The van der Waals surface area contributed by atoms with Crippen LogP contribution in [0.3, 0.4) is 0 Å². The maximum absolute atomic E-state index is 12.5. The lowest BCUT2D eigenvalue weighted by Gasteiger charge is -2.27. The van der Waals surface area contributed by atoms with E-state index in [9.17, 15) is 10.1 Å². The molecule has 0 radical (unpaired) electrons. The Morgan fingerprint density at radius 2 is 2.03 bits per heavy atom. The molecule has 184 valence electrons. The Balaban J connectivity index is 1.07. The molecule has 2 aliphatic carbocycles. The molecule has 1 aromatic carbocycles. The first-order chi connectivity index (χ1) is 16.5. The number of benzene rings is 1. The molecule has 4 aliphatic rings. The second kappa shape index (κ2) is 10.1. The van der Waals surface area contributed by atoms with Gasteiger partial charge in [-0.1, -0.05) is 26.0 Å². The molecule has 2 saturated carbocycles. The van der Waals surface area contributed by atoms with Crippen LogP contribution in [0, 0.1) is 35.0 Å². The van der Waals surface area contributed by atoms with E-state index in [1.165, 1.54) is 4.90 Å². The standard InChI is InChI=1S/C26H35N3O4S/c1-17(2)13-29(34-20-6-4-19(5-7-20)26(16-27)8-9-26)11-3-10-28-25(30)33-23-18-12-21-22(23)15-32-24(21)31-14-18/h4-7,17-18,21-24H,3,8-15H2,1-2H3,(H,28,30). The molecule has 2 bridgehead atoms. The predicted octanol–water partition coefficient (Wildman–Crippen LogP) is 4.33. The molecule has 0 spiro atoms. The average Bonchev–Trinajstić information content (AvgIpc) is 3.43. The fraction of sp³-hybridized carbons (Fsp3) is 0.692. The van der Waals surface area contributed by atoms with Crippen LogP contribution in [0.5, 0.6) is 0 Å². The molecule has 7 nitrogen and oxygen atoms in total. The summed E-state index contributed by atoms with van der Waals surface area (Å²) in [6, 6.07) is 10.9. The van der Waals surface area contributed by atoms with Crippen molar-refractivity contribution >= 4 is 18.0 Å². The van der Waals surface area contributed by atoms with Gasteiger partial charge in [-0.25, -0.2) is 9.10 Å². The lowest BCUT2D eigenvalue weighted by Crippen LogP contribution is -2.37. The minimum atomic E-state index is -0.328. The largest absolute Gasteiger partial charge is 0.445 e. The summed E-state index contributed by atoms with van der Waals surface area (Å²) in [5.74, 6) is 1.49. The van der Waals surface area contributed by atoms with E-state index in [1.54, 1.807) is 11.9 Å². The Kier molecular flexibility index (Phi) is 7.08. The molecule has 2 heterocycles. The summed E-state index contributed by atoms with van der Waals surface area (Å²) in [6.45, 7) is 8.10. The van der Waals surface area contributed by atoms with E-state index in [2.05, 4.69) is 53.8 Å². The maximum atomic E-state index is 12.5. The van der Waals surface area contributed by atoms with Crippen LogP contribution in [-0.4, -0.2) is 55.6 Å². The number of nitrogens with one attached hydrogen (secondary N) is 1. The van der Waals surface area contributed by atoms with E-state index in [1.807, 2.05) is 0 Å².